The Morgan fingerprint density at radius 1 is 1.46 bits per heavy atom. The molecule has 0 fully saturated rings. The molecule has 2 rings (SSSR count). The van der Waals surface area contributed by atoms with E-state index in [-0.39, 0.29) is 5.75 Å². The molecule has 2 nitrogen and oxygen atoms in total. The number of phenolic OH excluding ortho intramolecular Hbond substituents is 1. The average Bonchev–Trinajstić information content (AvgIpc) is 2.55. The van der Waals surface area contributed by atoms with Gasteiger partial charge in [-0.2, -0.15) is 0 Å². The molecule has 1 aromatic carbocycles. The molecular weight excluding hydrogens is 191 g/mol. The molecule has 2 aromatic rings. The molecule has 0 amide bonds. The van der Waals surface area contributed by atoms with Gasteiger partial charge < -0.3 is 5.11 Å². The molecule has 0 radical (unpaired) electrons. The Bertz CT molecular complexity index is 476. The Balaban J connectivity index is 2.83. The largest absolute Gasteiger partial charge is 0.505 e. The minimum atomic E-state index is -0.657. The van der Waals surface area contributed by atoms with Crippen LogP contribution >= 0.6 is 11.3 Å². The Morgan fingerprint density at radius 2 is 2.23 bits per heavy atom. The van der Waals surface area contributed by atoms with Crippen LogP contribution in [0.15, 0.2) is 18.2 Å². The second-order valence-electron chi connectivity index (χ2n) is 2.58. The highest BCUT2D eigenvalue weighted by Crippen LogP contribution is 2.31. The van der Waals surface area contributed by atoms with Crippen molar-refractivity contribution in [3.63, 3.8) is 0 Å². The van der Waals surface area contributed by atoms with Gasteiger partial charge >= 0.3 is 0 Å². The summed E-state index contributed by atoms with van der Waals surface area (Å²) in [5.74, 6) is -1.04. The van der Waals surface area contributed by atoms with Gasteiger partial charge in [0.15, 0.2) is 17.9 Å². The lowest BCUT2D eigenvalue weighted by molar-refractivity contribution is 0.112. The normalized spacial score (nSPS) is 10.5. The molecule has 0 aliphatic heterocycles. The first-order valence-electron chi connectivity index (χ1n) is 3.58. The third kappa shape index (κ3) is 1.19. The third-order valence-corrected chi connectivity index (χ3v) is 2.81. The highest BCUT2D eigenvalue weighted by molar-refractivity contribution is 7.20. The number of fused-ring (bicyclic) bond motifs is 1. The van der Waals surface area contributed by atoms with Gasteiger partial charge in [-0.05, 0) is 23.6 Å². The molecule has 0 saturated carbocycles. The zero-order valence-corrected chi connectivity index (χ0v) is 7.27. The fourth-order valence-corrected chi connectivity index (χ4v) is 2.05. The molecule has 0 saturated heterocycles. The standard InChI is InChI=1S/C9H5FO2S/c10-8-7(12)2-1-5-3-6(4-11)13-9(5)8/h1-4,12H. The van der Waals surface area contributed by atoms with E-state index in [1.807, 2.05) is 0 Å². The first-order valence-corrected chi connectivity index (χ1v) is 4.40. The summed E-state index contributed by atoms with van der Waals surface area (Å²) < 4.78 is 13.5. The molecule has 0 aliphatic carbocycles. The summed E-state index contributed by atoms with van der Waals surface area (Å²) in [6, 6.07) is 4.45. The number of aldehydes is 1. The van der Waals surface area contributed by atoms with Crippen LogP contribution in [0.1, 0.15) is 9.67 Å². The predicted molar refractivity (Wildman–Crippen MR) is 48.8 cm³/mol. The van der Waals surface area contributed by atoms with E-state index in [2.05, 4.69) is 0 Å². The number of carbonyl (C=O) groups excluding carboxylic acids is 1. The molecule has 0 aliphatic rings. The maximum Gasteiger partial charge on any atom is 0.182 e. The van der Waals surface area contributed by atoms with Crippen molar-refractivity contribution in [3.8, 4) is 5.75 Å². The average molecular weight is 196 g/mol. The van der Waals surface area contributed by atoms with Gasteiger partial charge in [-0.3, -0.25) is 4.79 Å². The lowest BCUT2D eigenvalue weighted by Gasteiger charge is -1.94. The number of rotatable bonds is 1. The zero-order chi connectivity index (χ0) is 9.42. The second kappa shape index (κ2) is 2.81. The number of carbonyl (C=O) groups is 1. The van der Waals surface area contributed by atoms with Crippen LogP contribution in [0.2, 0.25) is 0 Å². The number of hydrogen-bond donors (Lipinski definition) is 1. The van der Waals surface area contributed by atoms with E-state index >= 15 is 0 Å². The van der Waals surface area contributed by atoms with E-state index in [0.717, 1.165) is 11.3 Å². The van der Waals surface area contributed by atoms with E-state index in [1.54, 1.807) is 12.1 Å². The maximum atomic E-state index is 13.2. The van der Waals surface area contributed by atoms with Gasteiger partial charge in [-0.25, -0.2) is 4.39 Å². The molecule has 0 unspecified atom stereocenters. The Morgan fingerprint density at radius 3 is 2.92 bits per heavy atom. The van der Waals surface area contributed by atoms with Gasteiger partial charge in [-0.15, -0.1) is 11.3 Å². The van der Waals surface area contributed by atoms with E-state index in [1.165, 1.54) is 6.07 Å². The molecule has 1 heterocycles. The number of phenols is 1. The van der Waals surface area contributed by atoms with Gasteiger partial charge in [-0.1, -0.05) is 0 Å². The summed E-state index contributed by atoms with van der Waals surface area (Å²) in [5.41, 5.74) is 0. The second-order valence-corrected chi connectivity index (χ2v) is 3.67. The minimum Gasteiger partial charge on any atom is -0.505 e. The monoisotopic (exact) mass is 196 g/mol. The molecule has 4 heteroatoms. The Hall–Kier alpha value is -1.42. The van der Waals surface area contributed by atoms with Crippen molar-refractivity contribution in [2.45, 2.75) is 0 Å². The van der Waals surface area contributed by atoms with Crippen molar-refractivity contribution in [2.24, 2.45) is 0 Å². The van der Waals surface area contributed by atoms with Gasteiger partial charge in [0.1, 0.15) is 0 Å². The predicted octanol–water partition coefficient (Wildman–Crippen LogP) is 2.56. The van der Waals surface area contributed by atoms with Gasteiger partial charge in [0.25, 0.3) is 0 Å². The highest BCUT2D eigenvalue weighted by atomic mass is 32.1. The van der Waals surface area contributed by atoms with Crippen LogP contribution < -0.4 is 0 Å². The summed E-state index contributed by atoms with van der Waals surface area (Å²) >= 11 is 1.03. The summed E-state index contributed by atoms with van der Waals surface area (Å²) in [6.07, 6.45) is 0.668. The van der Waals surface area contributed by atoms with Crippen LogP contribution in [0, 0.1) is 5.82 Å². The van der Waals surface area contributed by atoms with Crippen LogP contribution in [0.5, 0.6) is 5.75 Å². The van der Waals surface area contributed by atoms with Crippen molar-refractivity contribution in [1.82, 2.24) is 0 Å². The van der Waals surface area contributed by atoms with Gasteiger partial charge in [0, 0.05) is 0 Å². The van der Waals surface area contributed by atoms with E-state index < -0.39 is 5.82 Å². The summed E-state index contributed by atoms with van der Waals surface area (Å²) in [7, 11) is 0. The number of benzene rings is 1. The van der Waals surface area contributed by atoms with Crippen molar-refractivity contribution in [2.75, 3.05) is 0 Å². The molecule has 0 atom stereocenters. The Labute approximate surface area is 77.2 Å². The molecular formula is C9H5FO2S. The van der Waals surface area contributed by atoms with Gasteiger partial charge in [0.2, 0.25) is 0 Å². The van der Waals surface area contributed by atoms with Crippen molar-refractivity contribution in [1.29, 1.82) is 0 Å². The smallest absolute Gasteiger partial charge is 0.182 e. The minimum absolute atomic E-state index is 0.321. The van der Waals surface area contributed by atoms with Crippen molar-refractivity contribution in [3.05, 3.63) is 28.9 Å². The van der Waals surface area contributed by atoms with Crippen LogP contribution in [0.25, 0.3) is 10.1 Å². The van der Waals surface area contributed by atoms with E-state index in [9.17, 15) is 9.18 Å². The van der Waals surface area contributed by atoms with Crippen LogP contribution in [0.4, 0.5) is 4.39 Å². The number of hydrogen-bond acceptors (Lipinski definition) is 3. The van der Waals surface area contributed by atoms with Gasteiger partial charge in [0.05, 0.1) is 9.58 Å². The number of halogens is 1. The molecule has 1 N–H and O–H groups in total. The molecule has 13 heavy (non-hydrogen) atoms. The Kier molecular flexibility index (Phi) is 1.77. The molecule has 66 valence electrons. The van der Waals surface area contributed by atoms with E-state index in [4.69, 9.17) is 5.11 Å². The molecule has 1 aromatic heterocycles. The topological polar surface area (TPSA) is 37.3 Å². The SMILES string of the molecule is O=Cc1cc2ccc(O)c(F)c2s1. The van der Waals surface area contributed by atoms with Crippen molar-refractivity contribution < 1.29 is 14.3 Å². The summed E-state index contributed by atoms with van der Waals surface area (Å²) in [5, 5.41) is 9.68. The number of aromatic hydroxyl groups is 1. The quantitative estimate of drug-likeness (QED) is 0.711. The number of thiophene rings is 1. The summed E-state index contributed by atoms with van der Waals surface area (Å²) in [4.78, 5) is 10.9. The fraction of sp³-hybridized carbons (Fsp3) is 0. The highest BCUT2D eigenvalue weighted by Gasteiger charge is 2.09. The maximum absolute atomic E-state index is 13.2. The van der Waals surface area contributed by atoms with E-state index in [0.29, 0.717) is 21.2 Å². The van der Waals surface area contributed by atoms with Crippen LogP contribution in [-0.4, -0.2) is 11.4 Å². The summed E-state index contributed by atoms with van der Waals surface area (Å²) in [6.45, 7) is 0. The first kappa shape index (κ1) is 8.19. The molecule has 0 bridgehead atoms. The lowest BCUT2D eigenvalue weighted by atomic mass is 10.2. The zero-order valence-electron chi connectivity index (χ0n) is 6.45. The third-order valence-electron chi connectivity index (χ3n) is 1.74. The lowest BCUT2D eigenvalue weighted by Crippen LogP contribution is -1.73. The fourth-order valence-electron chi connectivity index (χ4n) is 1.14. The molecule has 0 spiro atoms. The van der Waals surface area contributed by atoms with Crippen LogP contribution in [-0.2, 0) is 0 Å². The van der Waals surface area contributed by atoms with Crippen molar-refractivity contribution >= 4 is 27.7 Å². The first-order chi connectivity index (χ1) is 6.22. The van der Waals surface area contributed by atoms with Crippen LogP contribution in [0.3, 0.4) is 0 Å².